The first-order valence-corrected chi connectivity index (χ1v) is 8.54. The number of amides is 1. The van der Waals surface area contributed by atoms with Gasteiger partial charge in [-0.3, -0.25) is 4.79 Å². The van der Waals surface area contributed by atoms with Gasteiger partial charge in [-0.1, -0.05) is 6.07 Å². The van der Waals surface area contributed by atoms with Crippen molar-refractivity contribution < 1.29 is 18.3 Å². The molecule has 0 heterocycles. The van der Waals surface area contributed by atoms with E-state index in [1.807, 2.05) is 0 Å². The number of aliphatic hydroxyl groups is 1. The molecule has 110 valence electrons. The van der Waals surface area contributed by atoms with Crippen molar-refractivity contribution in [2.75, 3.05) is 19.4 Å². The number of aliphatic hydroxyl groups excluding tert-OH is 1. The van der Waals surface area contributed by atoms with Gasteiger partial charge in [-0.15, -0.1) is 0 Å². The molecule has 0 aliphatic heterocycles. The van der Waals surface area contributed by atoms with E-state index in [-0.39, 0.29) is 30.0 Å². The molecule has 6 heteroatoms. The van der Waals surface area contributed by atoms with Gasteiger partial charge >= 0.3 is 0 Å². The SMILES string of the molecule is CS(=O)(=O)c1cccc(C(=O)N(CCO)C2CCC2)c1. The highest BCUT2D eigenvalue weighted by atomic mass is 32.2. The Morgan fingerprint density at radius 1 is 1.40 bits per heavy atom. The maximum absolute atomic E-state index is 12.5. The molecule has 0 saturated heterocycles. The van der Waals surface area contributed by atoms with Gasteiger partial charge in [0, 0.05) is 24.4 Å². The van der Waals surface area contributed by atoms with E-state index in [4.69, 9.17) is 5.11 Å². The van der Waals surface area contributed by atoms with Crippen LogP contribution in [-0.2, 0) is 9.84 Å². The van der Waals surface area contributed by atoms with Crippen molar-refractivity contribution in [2.24, 2.45) is 0 Å². The van der Waals surface area contributed by atoms with Gasteiger partial charge in [-0.2, -0.15) is 0 Å². The Labute approximate surface area is 119 Å². The van der Waals surface area contributed by atoms with E-state index in [1.165, 1.54) is 12.1 Å². The second-order valence-electron chi connectivity index (χ2n) is 5.11. The molecule has 1 aromatic rings. The fraction of sp³-hybridized carbons (Fsp3) is 0.500. The molecule has 1 aliphatic carbocycles. The third kappa shape index (κ3) is 3.19. The molecule has 0 unspecified atom stereocenters. The van der Waals surface area contributed by atoms with Crippen LogP contribution in [0.1, 0.15) is 29.6 Å². The standard InChI is InChI=1S/C14H19NO4S/c1-20(18,19)13-7-2-4-11(10-13)14(17)15(8-9-16)12-5-3-6-12/h2,4,7,10,12,16H,3,5-6,8-9H2,1H3. The average molecular weight is 297 g/mol. The minimum Gasteiger partial charge on any atom is -0.395 e. The van der Waals surface area contributed by atoms with Crippen molar-refractivity contribution in [1.29, 1.82) is 0 Å². The highest BCUT2D eigenvalue weighted by molar-refractivity contribution is 7.90. The van der Waals surface area contributed by atoms with E-state index in [1.54, 1.807) is 17.0 Å². The molecule has 0 radical (unpaired) electrons. The Bertz CT molecular complexity index is 593. The zero-order chi connectivity index (χ0) is 14.8. The smallest absolute Gasteiger partial charge is 0.254 e. The first kappa shape index (κ1) is 15.0. The van der Waals surface area contributed by atoms with Gasteiger partial charge in [0.2, 0.25) is 0 Å². The van der Waals surface area contributed by atoms with E-state index >= 15 is 0 Å². The Balaban J connectivity index is 2.27. The molecule has 1 saturated carbocycles. The van der Waals surface area contributed by atoms with Crippen molar-refractivity contribution in [1.82, 2.24) is 4.90 Å². The lowest BCUT2D eigenvalue weighted by Gasteiger charge is -2.37. The lowest BCUT2D eigenvalue weighted by molar-refractivity contribution is 0.0525. The number of carbonyl (C=O) groups is 1. The molecule has 20 heavy (non-hydrogen) atoms. The molecule has 5 nitrogen and oxygen atoms in total. The fourth-order valence-corrected chi connectivity index (χ4v) is 2.95. The summed E-state index contributed by atoms with van der Waals surface area (Å²) in [6.07, 6.45) is 4.09. The highest BCUT2D eigenvalue weighted by Crippen LogP contribution is 2.26. The van der Waals surface area contributed by atoms with Crippen LogP contribution in [0.4, 0.5) is 0 Å². The second kappa shape index (κ2) is 5.93. The minimum absolute atomic E-state index is 0.0893. The van der Waals surface area contributed by atoms with Crippen molar-refractivity contribution in [3.63, 3.8) is 0 Å². The maximum atomic E-state index is 12.5. The van der Waals surface area contributed by atoms with Gasteiger partial charge in [-0.05, 0) is 37.5 Å². The summed E-state index contributed by atoms with van der Waals surface area (Å²) in [4.78, 5) is 14.3. The quantitative estimate of drug-likeness (QED) is 0.882. The normalized spacial score (nSPS) is 15.7. The predicted molar refractivity (Wildman–Crippen MR) is 75.3 cm³/mol. The van der Waals surface area contributed by atoms with Gasteiger partial charge < -0.3 is 10.0 Å². The number of rotatable bonds is 5. The molecule has 0 spiro atoms. The first-order valence-electron chi connectivity index (χ1n) is 6.65. The molecule has 1 amide bonds. The Morgan fingerprint density at radius 3 is 2.60 bits per heavy atom. The van der Waals surface area contributed by atoms with Crippen LogP contribution in [0.15, 0.2) is 29.2 Å². The summed E-state index contributed by atoms with van der Waals surface area (Å²) in [6, 6.07) is 6.23. The van der Waals surface area contributed by atoms with Crippen LogP contribution in [0.2, 0.25) is 0 Å². The molecule has 0 aromatic heterocycles. The third-order valence-corrected chi connectivity index (χ3v) is 4.74. The number of sulfone groups is 1. The van der Waals surface area contributed by atoms with Gasteiger partial charge in [0.15, 0.2) is 9.84 Å². The summed E-state index contributed by atoms with van der Waals surface area (Å²) in [6.45, 7) is 0.195. The summed E-state index contributed by atoms with van der Waals surface area (Å²) in [5, 5.41) is 9.10. The summed E-state index contributed by atoms with van der Waals surface area (Å²) in [5.74, 6) is -0.214. The van der Waals surface area contributed by atoms with E-state index in [9.17, 15) is 13.2 Å². The van der Waals surface area contributed by atoms with Gasteiger partial charge in [-0.25, -0.2) is 8.42 Å². The van der Waals surface area contributed by atoms with Crippen LogP contribution in [-0.4, -0.2) is 49.8 Å². The molecular formula is C14H19NO4S. The number of carbonyl (C=O) groups excluding carboxylic acids is 1. The first-order chi connectivity index (χ1) is 9.43. The zero-order valence-corrected chi connectivity index (χ0v) is 12.3. The third-order valence-electron chi connectivity index (χ3n) is 3.63. The summed E-state index contributed by atoms with van der Waals surface area (Å²) >= 11 is 0. The molecule has 0 atom stereocenters. The summed E-state index contributed by atoms with van der Waals surface area (Å²) in [5.41, 5.74) is 0.355. The number of benzene rings is 1. The molecule has 1 N–H and O–H groups in total. The molecular weight excluding hydrogens is 278 g/mol. The molecule has 1 fully saturated rings. The van der Waals surface area contributed by atoms with E-state index in [0.29, 0.717) is 5.56 Å². The van der Waals surface area contributed by atoms with Crippen LogP contribution in [0.25, 0.3) is 0 Å². The number of hydrogen-bond donors (Lipinski definition) is 1. The summed E-state index contributed by atoms with van der Waals surface area (Å²) in [7, 11) is -3.33. The van der Waals surface area contributed by atoms with E-state index < -0.39 is 9.84 Å². The molecule has 1 aromatic carbocycles. The lowest BCUT2D eigenvalue weighted by Crippen LogP contribution is -2.45. The number of nitrogens with zero attached hydrogens (tertiary/aromatic N) is 1. The Morgan fingerprint density at radius 2 is 2.10 bits per heavy atom. The van der Waals surface area contributed by atoms with Gasteiger partial charge in [0.1, 0.15) is 0 Å². The van der Waals surface area contributed by atoms with Gasteiger partial charge in [0.25, 0.3) is 5.91 Å². The van der Waals surface area contributed by atoms with Crippen LogP contribution >= 0.6 is 0 Å². The monoisotopic (exact) mass is 297 g/mol. The fourth-order valence-electron chi connectivity index (χ4n) is 2.28. The minimum atomic E-state index is -3.33. The van der Waals surface area contributed by atoms with E-state index in [2.05, 4.69) is 0 Å². The van der Waals surface area contributed by atoms with Crippen LogP contribution in [0.5, 0.6) is 0 Å². The highest BCUT2D eigenvalue weighted by Gasteiger charge is 2.29. The van der Waals surface area contributed by atoms with Crippen LogP contribution in [0, 0.1) is 0 Å². The Kier molecular flexibility index (Phi) is 4.45. The van der Waals surface area contributed by atoms with E-state index in [0.717, 1.165) is 25.5 Å². The van der Waals surface area contributed by atoms with Crippen molar-refractivity contribution in [3.05, 3.63) is 29.8 Å². The van der Waals surface area contributed by atoms with Gasteiger partial charge in [0.05, 0.1) is 11.5 Å². The average Bonchev–Trinajstić information content (AvgIpc) is 2.34. The molecule has 0 bridgehead atoms. The van der Waals surface area contributed by atoms with Crippen LogP contribution in [0.3, 0.4) is 0 Å². The predicted octanol–water partition coefficient (Wildman–Crippen LogP) is 1.08. The molecule has 2 rings (SSSR count). The topological polar surface area (TPSA) is 74.7 Å². The van der Waals surface area contributed by atoms with Crippen molar-refractivity contribution in [2.45, 2.75) is 30.2 Å². The largest absolute Gasteiger partial charge is 0.395 e. The number of hydrogen-bond acceptors (Lipinski definition) is 4. The summed E-state index contributed by atoms with van der Waals surface area (Å²) < 4.78 is 23.1. The maximum Gasteiger partial charge on any atom is 0.254 e. The zero-order valence-electron chi connectivity index (χ0n) is 11.4. The second-order valence-corrected chi connectivity index (χ2v) is 7.12. The van der Waals surface area contributed by atoms with Crippen molar-refractivity contribution in [3.8, 4) is 0 Å². The van der Waals surface area contributed by atoms with Crippen LogP contribution < -0.4 is 0 Å². The molecule has 1 aliphatic rings. The lowest BCUT2D eigenvalue weighted by atomic mass is 9.91. The Hall–Kier alpha value is -1.40. The van der Waals surface area contributed by atoms with Crippen molar-refractivity contribution >= 4 is 15.7 Å².